The smallest absolute Gasteiger partial charge is 0.171 e. The first-order chi connectivity index (χ1) is 18.0. The van der Waals surface area contributed by atoms with Crippen LogP contribution in [0.2, 0.25) is 39.3 Å². The Hall–Kier alpha value is -2.23. The van der Waals surface area contributed by atoms with Gasteiger partial charge in [0.05, 0.1) is 0 Å². The van der Waals surface area contributed by atoms with E-state index >= 15 is 0 Å². The van der Waals surface area contributed by atoms with Crippen molar-refractivity contribution in [1.29, 1.82) is 0 Å². The molecule has 0 aliphatic rings. The maximum absolute atomic E-state index is 5.91. The third-order valence-corrected chi connectivity index (χ3v) is 20.7. The molecule has 198 valence electrons. The van der Waals surface area contributed by atoms with Gasteiger partial charge in [-0.3, -0.25) is 0 Å². The lowest BCUT2D eigenvalue weighted by molar-refractivity contribution is 1.44. The molecule has 0 atom stereocenters. The van der Waals surface area contributed by atoms with Crippen LogP contribution < -0.4 is 21.2 Å². The van der Waals surface area contributed by atoms with Crippen LogP contribution in [0.4, 0.5) is 0 Å². The van der Waals surface area contributed by atoms with E-state index in [1.54, 1.807) is 0 Å². The summed E-state index contributed by atoms with van der Waals surface area (Å²) in [7, 11) is -7.70. The molecule has 0 spiro atoms. The van der Waals surface area contributed by atoms with E-state index in [1.165, 1.54) is 21.2 Å². The summed E-state index contributed by atoms with van der Waals surface area (Å²) in [5.74, 6) is 0. The highest BCUT2D eigenvalue weighted by Crippen LogP contribution is 2.56. The molecule has 0 N–H and O–H groups in total. The molecule has 2 nitrogen and oxygen atoms in total. The van der Waals surface area contributed by atoms with Crippen molar-refractivity contribution < 1.29 is 0 Å². The molecule has 0 aromatic heterocycles. The summed E-state index contributed by atoms with van der Waals surface area (Å²) < 4.78 is 11.8. The summed E-state index contributed by atoms with van der Waals surface area (Å²) in [4.78, 5) is 0. The quantitative estimate of drug-likeness (QED) is 0.142. The third-order valence-electron chi connectivity index (χ3n) is 6.42. The highest BCUT2D eigenvalue weighted by atomic mass is 31.2. The van der Waals surface area contributed by atoms with E-state index in [0.717, 1.165) is 12.3 Å². The highest BCUT2D eigenvalue weighted by molar-refractivity contribution is 7.85. The van der Waals surface area contributed by atoms with Gasteiger partial charge in [-0.05, 0) is 33.5 Å². The monoisotopic (exact) mass is 572 g/mol. The van der Waals surface area contributed by atoms with Crippen molar-refractivity contribution in [3.05, 3.63) is 121 Å². The van der Waals surface area contributed by atoms with Crippen LogP contribution in [0.25, 0.3) is 0 Å². The van der Waals surface area contributed by atoms with Crippen LogP contribution in [-0.4, -0.2) is 28.8 Å². The molecule has 0 saturated carbocycles. The van der Waals surface area contributed by atoms with E-state index in [4.69, 9.17) is 8.82 Å². The topological polar surface area (TPSA) is 24.7 Å². The molecule has 6 heteroatoms. The minimum Gasteiger partial charge on any atom is -0.329 e. The third kappa shape index (κ3) is 6.85. The Morgan fingerprint density at radius 1 is 0.395 bits per heavy atom. The van der Waals surface area contributed by atoms with Crippen LogP contribution in [0.1, 0.15) is 0 Å². The largest absolute Gasteiger partial charge is 0.329 e. The molecule has 4 aromatic carbocycles. The van der Waals surface area contributed by atoms with Gasteiger partial charge in [0.2, 0.25) is 0 Å². The summed E-state index contributed by atoms with van der Waals surface area (Å²) >= 11 is 0. The Labute approximate surface area is 232 Å². The zero-order valence-corrected chi connectivity index (χ0v) is 27.5. The first kappa shape index (κ1) is 28.8. The Balaban J connectivity index is 2.03. The lowest BCUT2D eigenvalue weighted by Gasteiger charge is -2.35. The van der Waals surface area contributed by atoms with Gasteiger partial charge in [0.25, 0.3) is 0 Å². The van der Waals surface area contributed by atoms with Crippen molar-refractivity contribution in [2.45, 2.75) is 39.3 Å². The van der Waals surface area contributed by atoms with Crippen molar-refractivity contribution in [2.75, 3.05) is 12.3 Å². The van der Waals surface area contributed by atoms with Crippen LogP contribution in [0.5, 0.6) is 0 Å². The fraction of sp³-hybridized carbons (Fsp3) is 0.250. The van der Waals surface area contributed by atoms with Crippen LogP contribution in [-0.2, 0) is 0 Å². The number of benzene rings is 4. The minimum absolute atomic E-state index is 1.02. The second kappa shape index (κ2) is 11.9. The van der Waals surface area contributed by atoms with Crippen molar-refractivity contribution in [3.63, 3.8) is 0 Å². The molecule has 0 fully saturated rings. The average molecular weight is 573 g/mol. The molecule has 0 aliphatic carbocycles. The van der Waals surface area contributed by atoms with E-state index < -0.39 is 30.6 Å². The van der Waals surface area contributed by atoms with E-state index in [2.05, 4.69) is 161 Å². The molecular formula is C32H42N2P2Si2. The fourth-order valence-corrected chi connectivity index (χ4v) is 22.6. The average Bonchev–Trinajstić information content (AvgIpc) is 2.91. The predicted molar refractivity (Wildman–Crippen MR) is 179 cm³/mol. The second-order valence-corrected chi connectivity index (χ2v) is 28.2. The Morgan fingerprint density at radius 2 is 0.605 bits per heavy atom. The number of hydrogen-bond donors (Lipinski definition) is 0. The van der Waals surface area contributed by atoms with Gasteiger partial charge in [-0.2, -0.15) is 0 Å². The van der Waals surface area contributed by atoms with Crippen molar-refractivity contribution >= 4 is 51.8 Å². The first-order valence-electron chi connectivity index (χ1n) is 13.5. The SMILES string of the molecule is C[Si](C)(C)N=P(CCP(=N[Si](C)(C)C)(c1ccccc1)c1ccccc1)(c1ccccc1)c1ccccc1. The number of rotatable bonds is 9. The summed E-state index contributed by atoms with van der Waals surface area (Å²) in [5, 5.41) is 5.56. The van der Waals surface area contributed by atoms with E-state index in [1.807, 2.05) is 0 Å². The van der Waals surface area contributed by atoms with Gasteiger partial charge in [-0.15, -0.1) is 0 Å². The maximum atomic E-state index is 5.91. The number of nitrogens with zero attached hydrogens (tertiary/aromatic N) is 2. The first-order valence-corrected chi connectivity index (χ1v) is 24.3. The molecule has 0 amide bonds. The van der Waals surface area contributed by atoms with Gasteiger partial charge < -0.3 is 8.82 Å². The zero-order chi connectivity index (χ0) is 27.3. The Bertz CT molecular complexity index is 1230. The minimum atomic E-state index is -2.06. The van der Waals surface area contributed by atoms with Crippen LogP contribution in [0, 0.1) is 0 Å². The standard InChI is InChI=1S/C32H42N2P2Si2/c1-37(2,3)33-35(29-19-11-7-12-20-29,30-21-13-8-14-22-30)27-28-36(34-38(4,5)6,31-23-15-9-16-24-31)32-25-17-10-18-26-32/h7-26H,27-28H2,1-6H3. The van der Waals surface area contributed by atoms with Crippen molar-refractivity contribution in [2.24, 2.45) is 8.82 Å². The van der Waals surface area contributed by atoms with Gasteiger partial charge in [0.15, 0.2) is 16.5 Å². The van der Waals surface area contributed by atoms with Gasteiger partial charge >= 0.3 is 0 Å². The molecule has 0 unspecified atom stereocenters. The second-order valence-electron chi connectivity index (χ2n) is 11.9. The van der Waals surface area contributed by atoms with Gasteiger partial charge in [0.1, 0.15) is 0 Å². The molecule has 38 heavy (non-hydrogen) atoms. The van der Waals surface area contributed by atoms with Crippen molar-refractivity contribution in [3.8, 4) is 0 Å². The Morgan fingerprint density at radius 3 is 0.789 bits per heavy atom. The van der Waals surface area contributed by atoms with Crippen molar-refractivity contribution in [1.82, 2.24) is 0 Å². The normalized spacial score (nSPS) is 12.7. The van der Waals surface area contributed by atoms with Gasteiger partial charge in [-0.25, -0.2) is 0 Å². The van der Waals surface area contributed by atoms with E-state index in [0.29, 0.717) is 0 Å². The molecule has 0 bridgehead atoms. The van der Waals surface area contributed by atoms with Crippen LogP contribution in [0.15, 0.2) is 130 Å². The molecule has 0 heterocycles. The maximum Gasteiger partial charge on any atom is 0.171 e. The summed E-state index contributed by atoms with van der Waals surface area (Å²) in [6.45, 7) is 14.3. The molecule has 4 rings (SSSR count). The lowest BCUT2D eigenvalue weighted by atomic mass is 10.4. The zero-order valence-electron chi connectivity index (χ0n) is 23.8. The molecule has 0 aliphatic heterocycles. The predicted octanol–water partition coefficient (Wildman–Crippen LogP) is 8.36. The summed E-state index contributed by atoms with van der Waals surface area (Å²) in [6, 6.07) is 44.6. The molecule has 4 aromatic rings. The fourth-order valence-electron chi connectivity index (χ4n) is 5.16. The summed E-state index contributed by atoms with van der Waals surface area (Å²) in [6.07, 6.45) is 2.05. The van der Waals surface area contributed by atoms with E-state index in [-0.39, 0.29) is 0 Å². The van der Waals surface area contributed by atoms with Crippen LogP contribution >= 0.6 is 14.1 Å². The molecule has 0 radical (unpaired) electrons. The lowest BCUT2D eigenvalue weighted by Crippen LogP contribution is -2.30. The molecule has 0 saturated heterocycles. The van der Waals surface area contributed by atoms with Crippen LogP contribution in [0.3, 0.4) is 0 Å². The van der Waals surface area contributed by atoms with Gasteiger partial charge in [0, 0.05) is 14.1 Å². The van der Waals surface area contributed by atoms with E-state index in [9.17, 15) is 0 Å². The molecular weight excluding hydrogens is 530 g/mol. The highest BCUT2D eigenvalue weighted by Gasteiger charge is 2.34. The summed E-state index contributed by atoms with van der Waals surface area (Å²) in [5.41, 5.74) is 0. The van der Waals surface area contributed by atoms with Gasteiger partial charge in [-0.1, -0.05) is 161 Å². The number of hydrogen-bond acceptors (Lipinski definition) is 2. The Kier molecular flexibility index (Phi) is 9.00.